The van der Waals surface area contributed by atoms with Crippen LogP contribution in [0.4, 0.5) is 4.79 Å². The summed E-state index contributed by atoms with van der Waals surface area (Å²) in [5.41, 5.74) is 6.68. The van der Waals surface area contributed by atoms with E-state index in [4.69, 9.17) is 5.73 Å². The monoisotopic (exact) mass is 410 g/mol. The van der Waals surface area contributed by atoms with E-state index in [1.807, 2.05) is 17.5 Å². The molecular formula is C17H22N4O4S2. The predicted molar refractivity (Wildman–Crippen MR) is 104 cm³/mol. The van der Waals surface area contributed by atoms with Gasteiger partial charge in [-0.2, -0.15) is 0 Å². The quantitative estimate of drug-likeness (QED) is 0.495. The number of carbonyl (C=O) groups excluding carboxylic acids is 2. The second-order valence-corrected chi connectivity index (χ2v) is 8.74. The van der Waals surface area contributed by atoms with Crippen molar-refractivity contribution in [1.82, 2.24) is 15.4 Å². The van der Waals surface area contributed by atoms with Crippen LogP contribution >= 0.6 is 11.3 Å². The van der Waals surface area contributed by atoms with Gasteiger partial charge in [-0.3, -0.25) is 4.79 Å². The van der Waals surface area contributed by atoms with Crippen molar-refractivity contribution in [2.75, 3.05) is 7.05 Å². The number of benzene rings is 1. The Balaban J connectivity index is 1.89. The third-order valence-electron chi connectivity index (χ3n) is 3.77. The lowest BCUT2D eigenvalue weighted by atomic mass is 10.1. The minimum Gasteiger partial charge on any atom is -0.352 e. The van der Waals surface area contributed by atoms with Gasteiger partial charge in [0, 0.05) is 11.4 Å². The molecule has 1 atom stereocenters. The average molecular weight is 411 g/mol. The molecule has 2 rings (SSSR count). The van der Waals surface area contributed by atoms with E-state index in [9.17, 15) is 18.0 Å². The van der Waals surface area contributed by atoms with Crippen LogP contribution in [0.5, 0.6) is 0 Å². The lowest BCUT2D eigenvalue weighted by molar-refractivity contribution is -0.121. The molecular weight excluding hydrogens is 388 g/mol. The maximum absolute atomic E-state index is 12.2. The molecule has 0 fully saturated rings. The molecule has 10 heteroatoms. The van der Waals surface area contributed by atoms with E-state index >= 15 is 0 Å². The Morgan fingerprint density at radius 2 is 1.81 bits per heavy atom. The molecule has 0 aliphatic carbocycles. The van der Waals surface area contributed by atoms with Gasteiger partial charge in [-0.1, -0.05) is 30.3 Å². The van der Waals surface area contributed by atoms with Gasteiger partial charge in [0.2, 0.25) is 15.9 Å². The van der Waals surface area contributed by atoms with Gasteiger partial charge >= 0.3 is 6.03 Å². The number of rotatable bonds is 9. The van der Waals surface area contributed by atoms with Gasteiger partial charge in [0.1, 0.15) is 0 Å². The molecule has 2 aromatic rings. The summed E-state index contributed by atoms with van der Waals surface area (Å²) in [5.74, 6) is -0.332. The van der Waals surface area contributed by atoms with Crippen LogP contribution in [0.1, 0.15) is 28.5 Å². The van der Waals surface area contributed by atoms with Crippen molar-refractivity contribution >= 4 is 33.3 Å². The van der Waals surface area contributed by atoms with E-state index in [0.717, 1.165) is 10.4 Å². The van der Waals surface area contributed by atoms with Crippen molar-refractivity contribution in [3.63, 3.8) is 0 Å². The van der Waals surface area contributed by atoms with Gasteiger partial charge in [0.25, 0.3) is 0 Å². The Morgan fingerprint density at radius 1 is 1.15 bits per heavy atom. The zero-order chi connectivity index (χ0) is 19.9. The maximum atomic E-state index is 12.2. The number of nitrogens with two attached hydrogens (primary N) is 1. The maximum Gasteiger partial charge on any atom is 0.312 e. The minimum absolute atomic E-state index is 0.0714. The van der Waals surface area contributed by atoms with Gasteiger partial charge in [0.05, 0.1) is 18.2 Å². The fourth-order valence-corrected chi connectivity index (χ4v) is 3.94. The third-order valence-corrected chi connectivity index (χ3v) is 6.09. The number of thiophene rings is 1. The Hall–Kier alpha value is -2.43. The molecule has 0 spiro atoms. The van der Waals surface area contributed by atoms with E-state index in [0.29, 0.717) is 12.1 Å². The summed E-state index contributed by atoms with van der Waals surface area (Å²) in [7, 11) is -1.95. The van der Waals surface area contributed by atoms with Crippen LogP contribution in [0.2, 0.25) is 0 Å². The minimum atomic E-state index is -3.32. The molecule has 1 heterocycles. The number of sulfonamides is 1. The standard InChI is InChI=1S/C17H22N4O4S2/c1-19-27(24,25)11-13-6-4-12(5-7-13)10-20-16(22)9-14(21-17(18)23)15-3-2-8-26-15/h2-8,14,19H,9-11H2,1H3,(H,20,22)(H3,18,21,23). The summed E-state index contributed by atoms with van der Waals surface area (Å²) in [6, 6.07) is 9.45. The Bertz CT molecular complexity index is 865. The van der Waals surface area contributed by atoms with Crippen molar-refractivity contribution in [3.05, 3.63) is 57.8 Å². The molecule has 146 valence electrons. The predicted octanol–water partition coefficient (Wildman–Crippen LogP) is 1.21. The van der Waals surface area contributed by atoms with Gasteiger partial charge in [-0.05, 0) is 29.6 Å². The van der Waals surface area contributed by atoms with Crippen LogP contribution in [0.25, 0.3) is 0 Å². The summed E-state index contributed by atoms with van der Waals surface area (Å²) >= 11 is 1.43. The Labute approximate surface area is 162 Å². The molecule has 5 N–H and O–H groups in total. The molecule has 0 saturated heterocycles. The highest BCUT2D eigenvalue weighted by Gasteiger charge is 2.18. The molecule has 0 saturated carbocycles. The first-order valence-electron chi connectivity index (χ1n) is 8.14. The number of urea groups is 1. The molecule has 27 heavy (non-hydrogen) atoms. The number of carbonyl (C=O) groups is 2. The lowest BCUT2D eigenvalue weighted by Gasteiger charge is -2.16. The van der Waals surface area contributed by atoms with E-state index in [2.05, 4.69) is 15.4 Å². The van der Waals surface area contributed by atoms with E-state index < -0.39 is 22.1 Å². The zero-order valence-electron chi connectivity index (χ0n) is 14.8. The summed E-state index contributed by atoms with van der Waals surface area (Å²) in [4.78, 5) is 24.2. The fraction of sp³-hybridized carbons (Fsp3) is 0.294. The second-order valence-electron chi connectivity index (χ2n) is 5.84. The van der Waals surface area contributed by atoms with Crippen LogP contribution in [-0.2, 0) is 27.1 Å². The summed E-state index contributed by atoms with van der Waals surface area (Å²) in [6.07, 6.45) is 0.0714. The molecule has 8 nitrogen and oxygen atoms in total. The number of hydrogen-bond acceptors (Lipinski definition) is 5. The topological polar surface area (TPSA) is 130 Å². The van der Waals surface area contributed by atoms with Crippen LogP contribution in [-0.4, -0.2) is 27.4 Å². The largest absolute Gasteiger partial charge is 0.352 e. The van der Waals surface area contributed by atoms with Crippen LogP contribution in [0, 0.1) is 0 Å². The van der Waals surface area contributed by atoms with Crippen LogP contribution in [0.15, 0.2) is 41.8 Å². The first-order valence-corrected chi connectivity index (χ1v) is 10.7. The number of hydrogen-bond donors (Lipinski definition) is 4. The SMILES string of the molecule is CNS(=O)(=O)Cc1ccc(CNC(=O)CC(NC(N)=O)c2cccs2)cc1. The molecule has 3 amide bonds. The molecule has 0 radical (unpaired) electrons. The Kier molecular flexibility index (Phi) is 7.34. The summed E-state index contributed by atoms with van der Waals surface area (Å²) < 4.78 is 25.3. The van der Waals surface area contributed by atoms with Crippen LogP contribution < -0.4 is 21.1 Å². The highest BCUT2D eigenvalue weighted by Crippen LogP contribution is 2.21. The molecule has 0 aliphatic rings. The highest BCUT2D eigenvalue weighted by molar-refractivity contribution is 7.88. The normalized spacial score (nSPS) is 12.3. The number of primary amides is 1. The zero-order valence-corrected chi connectivity index (χ0v) is 16.4. The first kappa shape index (κ1) is 20.9. The molecule has 1 aromatic heterocycles. The third kappa shape index (κ3) is 7.00. The lowest BCUT2D eigenvalue weighted by Crippen LogP contribution is -2.36. The van der Waals surface area contributed by atoms with E-state index in [1.165, 1.54) is 18.4 Å². The van der Waals surface area contributed by atoms with Crippen molar-refractivity contribution in [2.24, 2.45) is 5.73 Å². The molecule has 1 aromatic carbocycles. The molecule has 1 unspecified atom stereocenters. The fourth-order valence-electron chi connectivity index (χ4n) is 2.39. The molecule has 0 bridgehead atoms. The van der Waals surface area contributed by atoms with Crippen LogP contribution in [0.3, 0.4) is 0 Å². The van der Waals surface area contributed by atoms with E-state index in [1.54, 1.807) is 24.3 Å². The van der Waals surface area contributed by atoms with Gasteiger partial charge in [0.15, 0.2) is 0 Å². The van der Waals surface area contributed by atoms with Crippen molar-refractivity contribution in [2.45, 2.75) is 24.8 Å². The van der Waals surface area contributed by atoms with Crippen molar-refractivity contribution < 1.29 is 18.0 Å². The highest BCUT2D eigenvalue weighted by atomic mass is 32.2. The van der Waals surface area contributed by atoms with E-state index in [-0.39, 0.29) is 18.1 Å². The number of amides is 3. The summed E-state index contributed by atoms with van der Waals surface area (Å²) in [5, 5.41) is 7.22. The number of nitrogens with one attached hydrogen (secondary N) is 3. The Morgan fingerprint density at radius 3 is 2.37 bits per heavy atom. The smallest absolute Gasteiger partial charge is 0.312 e. The van der Waals surface area contributed by atoms with Crippen molar-refractivity contribution in [3.8, 4) is 0 Å². The van der Waals surface area contributed by atoms with Gasteiger partial charge < -0.3 is 16.4 Å². The van der Waals surface area contributed by atoms with Gasteiger partial charge in [-0.15, -0.1) is 11.3 Å². The average Bonchev–Trinajstić information content (AvgIpc) is 3.14. The molecule has 0 aliphatic heterocycles. The second kappa shape index (κ2) is 9.49. The van der Waals surface area contributed by atoms with Crippen molar-refractivity contribution in [1.29, 1.82) is 0 Å². The summed E-state index contributed by atoms with van der Waals surface area (Å²) in [6.45, 7) is 0.297. The first-order chi connectivity index (χ1) is 12.8. The van der Waals surface area contributed by atoms with Gasteiger partial charge in [-0.25, -0.2) is 17.9 Å².